The Morgan fingerprint density at radius 1 is 1.14 bits per heavy atom. The Kier molecular flexibility index (Phi) is 4.21. The van der Waals surface area contributed by atoms with Crippen molar-refractivity contribution in [2.75, 3.05) is 5.32 Å². The van der Waals surface area contributed by atoms with Gasteiger partial charge in [-0.2, -0.15) is 18.4 Å². The molecule has 0 saturated heterocycles. The van der Waals surface area contributed by atoms with Crippen LogP contribution in [-0.2, 0) is 6.18 Å². The van der Waals surface area contributed by atoms with Crippen LogP contribution in [0.1, 0.15) is 11.3 Å². The molecule has 1 aromatic carbocycles. The number of nitrogens with zero attached hydrogens (tertiary/aromatic N) is 3. The van der Waals surface area contributed by atoms with Crippen molar-refractivity contribution in [3.8, 4) is 6.07 Å². The summed E-state index contributed by atoms with van der Waals surface area (Å²) in [5, 5.41) is 10.9. The molecule has 0 spiro atoms. The summed E-state index contributed by atoms with van der Waals surface area (Å²) in [5.74, 6) is -0.158. The zero-order chi connectivity index (χ0) is 15.6. The first-order valence-electron chi connectivity index (χ1n) is 5.38. The molecule has 1 N–H and O–H groups in total. The van der Waals surface area contributed by atoms with Gasteiger partial charge >= 0.3 is 6.18 Å². The Balaban J connectivity index is 2.36. The molecule has 108 valence electrons. The van der Waals surface area contributed by atoms with E-state index in [9.17, 15) is 13.2 Å². The molecule has 0 fully saturated rings. The fourth-order valence-corrected chi connectivity index (χ4v) is 1.86. The fourth-order valence-electron chi connectivity index (χ4n) is 1.45. The van der Waals surface area contributed by atoms with Gasteiger partial charge in [0.25, 0.3) is 0 Å². The third-order valence-corrected chi connectivity index (χ3v) is 2.83. The number of alkyl halides is 3. The van der Waals surface area contributed by atoms with E-state index in [0.29, 0.717) is 17.3 Å². The van der Waals surface area contributed by atoms with Crippen molar-refractivity contribution >= 4 is 34.7 Å². The van der Waals surface area contributed by atoms with E-state index in [4.69, 9.17) is 28.5 Å². The predicted octanol–water partition coefficient (Wildman–Crippen LogP) is 4.42. The maximum Gasteiger partial charge on any atom is 0.433 e. The highest BCUT2D eigenvalue weighted by Gasteiger charge is 2.33. The van der Waals surface area contributed by atoms with Gasteiger partial charge in [0.1, 0.15) is 5.82 Å². The van der Waals surface area contributed by atoms with Crippen LogP contribution in [0.5, 0.6) is 0 Å². The van der Waals surface area contributed by atoms with E-state index >= 15 is 0 Å². The van der Waals surface area contributed by atoms with Gasteiger partial charge in [-0.15, -0.1) is 0 Å². The second kappa shape index (κ2) is 5.76. The minimum Gasteiger partial charge on any atom is -0.339 e. The van der Waals surface area contributed by atoms with Gasteiger partial charge in [-0.3, -0.25) is 0 Å². The second-order valence-electron chi connectivity index (χ2n) is 3.84. The van der Waals surface area contributed by atoms with Gasteiger partial charge < -0.3 is 5.32 Å². The Labute approximate surface area is 127 Å². The average molecular weight is 333 g/mol. The quantitative estimate of drug-likeness (QED) is 0.827. The Morgan fingerprint density at radius 3 is 2.43 bits per heavy atom. The summed E-state index contributed by atoms with van der Waals surface area (Å²) >= 11 is 11.4. The average Bonchev–Trinajstić information content (AvgIpc) is 2.39. The van der Waals surface area contributed by atoms with E-state index in [1.165, 1.54) is 18.2 Å². The van der Waals surface area contributed by atoms with Crippen molar-refractivity contribution < 1.29 is 13.2 Å². The molecule has 0 radical (unpaired) electrons. The monoisotopic (exact) mass is 332 g/mol. The number of aromatic nitrogens is 2. The molecule has 1 aromatic heterocycles. The van der Waals surface area contributed by atoms with E-state index in [2.05, 4.69) is 15.3 Å². The summed E-state index contributed by atoms with van der Waals surface area (Å²) in [7, 11) is 0. The van der Waals surface area contributed by atoms with Gasteiger partial charge in [-0.05, 0) is 29.8 Å². The lowest BCUT2D eigenvalue weighted by Gasteiger charge is -2.11. The summed E-state index contributed by atoms with van der Waals surface area (Å²) in [6.45, 7) is 0. The number of nitriles is 1. The molecule has 2 aromatic rings. The Hall–Kier alpha value is -2.04. The highest BCUT2D eigenvalue weighted by atomic mass is 35.5. The van der Waals surface area contributed by atoms with Crippen LogP contribution in [0.25, 0.3) is 0 Å². The minimum atomic E-state index is -4.64. The molecule has 0 aliphatic carbocycles. The normalized spacial score (nSPS) is 11.0. The first-order chi connectivity index (χ1) is 9.79. The molecular weight excluding hydrogens is 328 g/mol. The van der Waals surface area contributed by atoms with E-state index in [1.807, 2.05) is 6.07 Å². The molecule has 0 aliphatic heterocycles. The number of nitrogens with one attached hydrogen (secondary N) is 1. The Bertz CT molecular complexity index is 725. The maximum absolute atomic E-state index is 12.6. The third kappa shape index (κ3) is 3.74. The molecular formula is C12H5Cl2F3N4. The molecule has 0 saturated carbocycles. The maximum atomic E-state index is 12.6. The summed E-state index contributed by atoms with van der Waals surface area (Å²) in [6, 6.07) is 6.88. The number of halogens is 5. The first kappa shape index (κ1) is 15.4. The van der Waals surface area contributed by atoms with Gasteiger partial charge in [0.2, 0.25) is 5.28 Å². The highest BCUT2D eigenvalue weighted by Crippen LogP contribution is 2.31. The van der Waals surface area contributed by atoms with Crippen molar-refractivity contribution in [2.45, 2.75) is 6.18 Å². The zero-order valence-electron chi connectivity index (χ0n) is 10.0. The molecule has 0 atom stereocenters. The number of hydrogen-bond donors (Lipinski definition) is 1. The molecule has 0 bridgehead atoms. The van der Waals surface area contributed by atoms with Crippen LogP contribution < -0.4 is 5.32 Å². The van der Waals surface area contributed by atoms with Gasteiger partial charge in [-0.1, -0.05) is 11.6 Å². The summed E-state index contributed by atoms with van der Waals surface area (Å²) in [6.07, 6.45) is -4.64. The Morgan fingerprint density at radius 2 is 1.86 bits per heavy atom. The summed E-state index contributed by atoms with van der Waals surface area (Å²) in [4.78, 5) is 6.76. The van der Waals surface area contributed by atoms with Crippen LogP contribution in [0.3, 0.4) is 0 Å². The number of benzene rings is 1. The molecule has 4 nitrogen and oxygen atoms in total. The predicted molar refractivity (Wildman–Crippen MR) is 71.5 cm³/mol. The van der Waals surface area contributed by atoms with Gasteiger partial charge in [0.05, 0.1) is 22.3 Å². The van der Waals surface area contributed by atoms with Gasteiger partial charge in [0.15, 0.2) is 5.69 Å². The lowest BCUT2D eigenvalue weighted by atomic mass is 10.2. The van der Waals surface area contributed by atoms with E-state index in [-0.39, 0.29) is 10.8 Å². The van der Waals surface area contributed by atoms with Crippen molar-refractivity contribution in [3.63, 3.8) is 0 Å². The molecule has 1 heterocycles. The smallest absolute Gasteiger partial charge is 0.339 e. The van der Waals surface area contributed by atoms with Crippen molar-refractivity contribution in [3.05, 3.63) is 45.8 Å². The van der Waals surface area contributed by atoms with E-state index in [1.54, 1.807) is 0 Å². The molecule has 0 aliphatic rings. The van der Waals surface area contributed by atoms with E-state index in [0.717, 1.165) is 0 Å². The van der Waals surface area contributed by atoms with Gasteiger partial charge in [-0.25, -0.2) is 9.97 Å². The number of hydrogen-bond acceptors (Lipinski definition) is 4. The molecule has 0 amide bonds. The van der Waals surface area contributed by atoms with Crippen LogP contribution >= 0.6 is 23.2 Å². The van der Waals surface area contributed by atoms with Crippen molar-refractivity contribution in [2.24, 2.45) is 0 Å². The lowest BCUT2D eigenvalue weighted by molar-refractivity contribution is -0.141. The number of anilines is 2. The minimum absolute atomic E-state index is 0.158. The van der Waals surface area contributed by atoms with Crippen molar-refractivity contribution in [1.29, 1.82) is 5.26 Å². The van der Waals surface area contributed by atoms with Crippen LogP contribution in [0.2, 0.25) is 10.3 Å². The third-order valence-electron chi connectivity index (χ3n) is 2.35. The second-order valence-corrected chi connectivity index (χ2v) is 4.58. The largest absolute Gasteiger partial charge is 0.433 e. The first-order valence-corrected chi connectivity index (χ1v) is 6.13. The van der Waals surface area contributed by atoms with E-state index < -0.39 is 17.2 Å². The van der Waals surface area contributed by atoms with Crippen LogP contribution in [-0.4, -0.2) is 9.97 Å². The fraction of sp³-hybridized carbons (Fsp3) is 0.0833. The standard InChI is InChI=1S/C12H5Cl2F3N4/c13-7-3-6(5-18)1-2-8(7)19-10-4-9(12(15,16)17)20-11(14)21-10/h1-4H,(H,19,20,21). The highest BCUT2D eigenvalue weighted by molar-refractivity contribution is 6.33. The SMILES string of the molecule is N#Cc1ccc(Nc2cc(C(F)(F)F)nc(Cl)n2)c(Cl)c1. The van der Waals surface area contributed by atoms with Crippen LogP contribution in [0.15, 0.2) is 24.3 Å². The zero-order valence-corrected chi connectivity index (χ0v) is 11.6. The van der Waals surface area contributed by atoms with Gasteiger partial charge in [0, 0.05) is 6.07 Å². The number of rotatable bonds is 2. The van der Waals surface area contributed by atoms with Crippen molar-refractivity contribution in [1.82, 2.24) is 9.97 Å². The van der Waals surface area contributed by atoms with Crippen LogP contribution in [0.4, 0.5) is 24.7 Å². The molecule has 0 unspecified atom stereocenters. The lowest BCUT2D eigenvalue weighted by Crippen LogP contribution is -2.10. The molecule has 21 heavy (non-hydrogen) atoms. The topological polar surface area (TPSA) is 61.6 Å². The molecule has 9 heteroatoms. The van der Waals surface area contributed by atoms with Crippen LogP contribution in [0, 0.1) is 11.3 Å². The molecule has 2 rings (SSSR count). The summed E-state index contributed by atoms with van der Waals surface area (Å²) in [5.41, 5.74) is -0.560. The summed E-state index contributed by atoms with van der Waals surface area (Å²) < 4.78 is 37.9.